The summed E-state index contributed by atoms with van der Waals surface area (Å²) in [5.41, 5.74) is 0. The maximum Gasteiger partial charge on any atom is 0.0464 e. The van der Waals surface area contributed by atoms with Gasteiger partial charge in [-0.25, -0.2) is 0 Å². The van der Waals surface area contributed by atoms with Gasteiger partial charge in [-0.15, -0.1) is 0 Å². The first-order valence-corrected chi connectivity index (χ1v) is 1.92. The third kappa shape index (κ3) is 3.52. The molecule has 0 amide bonds. The third-order valence-corrected chi connectivity index (χ3v) is 0.510. The smallest absolute Gasteiger partial charge is 0.0464 e. The van der Waals surface area contributed by atoms with E-state index in [2.05, 4.69) is 0 Å². The molecule has 0 aromatic heterocycles. The van der Waals surface area contributed by atoms with Gasteiger partial charge in [0, 0.05) is 32.1 Å². The minimum atomic E-state index is -4.45. The largest absolute Gasteiger partial charge is 0.304 e. The van der Waals surface area contributed by atoms with E-state index < -0.39 is 57.7 Å². The fraction of sp³-hybridized carbons (Fsp3) is 1.00. The lowest BCUT2D eigenvalue weighted by Crippen LogP contribution is -2.28. The highest BCUT2D eigenvalue weighted by Crippen LogP contribution is 1.99. The zero-order chi connectivity index (χ0) is 23.6. The Morgan fingerprint density at radius 3 is 3.33 bits per heavy atom. The fourth-order valence-electron chi connectivity index (χ4n) is 0.168. The molecule has 1 atom stereocenters. The van der Waals surface area contributed by atoms with E-state index in [1.54, 1.807) is 0 Å². The second-order valence-electron chi connectivity index (χ2n) is 1.05. The first-order chi connectivity index (χ1) is 11.6. The normalized spacial score (nSPS) is 59.4. The van der Waals surface area contributed by atoms with Gasteiger partial charge < -0.3 is 4.90 Å². The molecule has 0 heterocycles. The van der Waals surface area contributed by atoms with Crippen molar-refractivity contribution in [3.05, 3.63) is 0 Å². The van der Waals surface area contributed by atoms with Crippen LogP contribution in [0, 0.1) is 0 Å². The van der Waals surface area contributed by atoms with Gasteiger partial charge in [-0.3, -0.25) is 0 Å². The highest BCUT2D eigenvalue weighted by Gasteiger charge is 2.02. The first-order valence-electron chi connectivity index (χ1n) is 11.4. The lowest BCUT2D eigenvalue weighted by atomic mass is 10.2. The van der Waals surface area contributed by atoms with E-state index in [9.17, 15) is 0 Å². The maximum absolute atomic E-state index is 8.06. The SMILES string of the molecule is [2H]C([2H])([2H])N(C([2H])([2H])C([2H])([2H])C([2H])([2H])[2H])C([2H])(C([2H])([2H])[2H])C([2H])([2H])C([2H])([2H])[2H]. The van der Waals surface area contributed by atoms with Crippen molar-refractivity contribution >= 4 is 0 Å². The van der Waals surface area contributed by atoms with Crippen LogP contribution in [0.2, 0.25) is 0 Å². The molecule has 0 N–H and O–H groups in total. The minimum absolute atomic E-state index is 1.13. The van der Waals surface area contributed by atoms with Gasteiger partial charge in [-0.2, -0.15) is 0 Å². The predicted octanol–water partition coefficient (Wildman–Crippen LogP) is 2.13. The van der Waals surface area contributed by atoms with Crippen LogP contribution >= 0.6 is 0 Å². The number of hydrogen-bond donors (Lipinski definition) is 0. The zero-order valence-electron chi connectivity index (χ0n) is 23.4. The lowest BCUT2D eigenvalue weighted by Gasteiger charge is -2.22. The molecular weight excluding hydrogens is 110 g/mol. The highest BCUT2D eigenvalue weighted by molar-refractivity contribution is 4.58. The molecule has 0 fully saturated rings. The van der Waals surface area contributed by atoms with Crippen LogP contribution in [0.3, 0.4) is 0 Å². The van der Waals surface area contributed by atoms with Crippen LogP contribution in [0.4, 0.5) is 0 Å². The Kier molecular flexibility index (Phi) is 0.417. The molecule has 0 bridgehead atoms. The topological polar surface area (TPSA) is 3.24 Å². The minimum Gasteiger partial charge on any atom is -0.304 e. The van der Waals surface area contributed by atoms with Gasteiger partial charge in [0.2, 0.25) is 0 Å². The van der Waals surface area contributed by atoms with Gasteiger partial charge >= 0.3 is 0 Å². The van der Waals surface area contributed by atoms with E-state index in [1.807, 2.05) is 0 Å². The standard InChI is InChI=1S/C8H19N/c1-5-7-9(4)8(3)6-2/h8H,5-7H2,1-4H3/i1D3,2D3,3D3,4D3,5D2,6D2,7D2,8D. The van der Waals surface area contributed by atoms with Crippen LogP contribution < -0.4 is 0 Å². The summed E-state index contributed by atoms with van der Waals surface area (Å²) in [6.07, 6.45) is -8.41. The van der Waals surface area contributed by atoms with Crippen LogP contribution in [-0.4, -0.2) is 24.4 Å². The van der Waals surface area contributed by atoms with Crippen molar-refractivity contribution < 1.29 is 26.0 Å². The van der Waals surface area contributed by atoms with Gasteiger partial charge in [0.1, 0.15) is 0 Å². The third-order valence-electron chi connectivity index (χ3n) is 0.510. The van der Waals surface area contributed by atoms with Gasteiger partial charge in [-0.05, 0) is 33.1 Å². The average molecular weight is 148 g/mol. The number of hydrogen-bond acceptors (Lipinski definition) is 1. The van der Waals surface area contributed by atoms with E-state index in [0.717, 1.165) is 0 Å². The summed E-state index contributed by atoms with van der Waals surface area (Å²) in [5.74, 6) is 0. The molecule has 9 heavy (non-hydrogen) atoms. The monoisotopic (exact) mass is 148 g/mol. The van der Waals surface area contributed by atoms with Crippen LogP contribution in [0.5, 0.6) is 0 Å². The van der Waals surface area contributed by atoms with Crippen molar-refractivity contribution in [2.45, 2.75) is 39.3 Å². The van der Waals surface area contributed by atoms with E-state index in [0.29, 0.717) is 0 Å². The first kappa shape index (κ1) is 0.781. The Balaban J connectivity index is 7.37. The molecule has 0 spiro atoms. The molecule has 0 aromatic carbocycles. The molecule has 0 aliphatic carbocycles. The van der Waals surface area contributed by atoms with Crippen molar-refractivity contribution in [2.24, 2.45) is 0 Å². The van der Waals surface area contributed by atoms with E-state index in [4.69, 9.17) is 26.0 Å². The summed E-state index contributed by atoms with van der Waals surface area (Å²) >= 11 is 0. The number of nitrogens with zero attached hydrogens (tertiary/aromatic N) is 1. The van der Waals surface area contributed by atoms with Crippen molar-refractivity contribution in [1.82, 2.24) is 4.90 Å². The molecule has 0 aliphatic heterocycles. The molecule has 0 aliphatic rings. The summed E-state index contributed by atoms with van der Waals surface area (Å²) < 4.78 is 141. The molecule has 0 saturated carbocycles. The Morgan fingerprint density at radius 2 is 2.78 bits per heavy atom. The Labute approximate surface area is 85.7 Å². The van der Waals surface area contributed by atoms with Crippen molar-refractivity contribution in [2.75, 3.05) is 13.5 Å². The highest BCUT2D eigenvalue weighted by atomic mass is 15.1. The second-order valence-corrected chi connectivity index (χ2v) is 1.05. The molecule has 1 heteroatoms. The zero-order valence-corrected chi connectivity index (χ0v) is 4.45. The molecule has 0 aromatic rings. The fourth-order valence-corrected chi connectivity index (χ4v) is 0.168. The predicted molar refractivity (Wildman–Crippen MR) is 42.7 cm³/mol. The maximum atomic E-state index is 8.06. The Bertz CT molecular complexity index is 558. The van der Waals surface area contributed by atoms with Gasteiger partial charge in [0.15, 0.2) is 0 Å². The molecule has 1 unspecified atom stereocenters. The summed E-state index contributed by atoms with van der Waals surface area (Å²) in [7, 11) is 0. The molecule has 56 valence electrons. The van der Waals surface area contributed by atoms with Crippen LogP contribution in [-0.2, 0) is 0 Å². The average Bonchev–Trinajstić information content (AvgIpc) is 2.31. The van der Waals surface area contributed by atoms with E-state index in [-0.39, 0.29) is 0 Å². The lowest BCUT2D eigenvalue weighted by molar-refractivity contribution is 0.252. The van der Waals surface area contributed by atoms with E-state index in [1.165, 1.54) is 0 Å². The molecule has 0 radical (unpaired) electrons. The summed E-state index contributed by atoms with van der Waals surface area (Å²) in [6, 6.07) is -4.45. The molecular formula is C8H19N. The Hall–Kier alpha value is -0.0400. The van der Waals surface area contributed by atoms with Crippen LogP contribution in [0.25, 0.3) is 0 Å². The Morgan fingerprint density at radius 1 is 1.78 bits per heavy atom. The van der Waals surface area contributed by atoms with Crippen molar-refractivity contribution in [3.63, 3.8) is 0 Å². The summed E-state index contributed by atoms with van der Waals surface area (Å²) in [6.45, 7) is -20.5. The molecule has 1 nitrogen and oxygen atoms in total. The van der Waals surface area contributed by atoms with Crippen LogP contribution in [0.15, 0.2) is 0 Å². The van der Waals surface area contributed by atoms with Crippen LogP contribution in [0.1, 0.15) is 59.3 Å². The van der Waals surface area contributed by atoms with Gasteiger partial charge in [0.25, 0.3) is 0 Å². The van der Waals surface area contributed by atoms with Crippen molar-refractivity contribution in [1.29, 1.82) is 0 Å². The summed E-state index contributed by atoms with van der Waals surface area (Å²) in [5, 5.41) is 0. The quantitative estimate of drug-likeness (QED) is 0.590. The van der Waals surface area contributed by atoms with E-state index >= 15 is 0 Å². The van der Waals surface area contributed by atoms with Crippen molar-refractivity contribution in [3.8, 4) is 0 Å². The molecule has 0 rings (SSSR count). The van der Waals surface area contributed by atoms with Gasteiger partial charge in [-0.1, -0.05) is 13.7 Å². The molecule has 0 saturated heterocycles. The summed E-state index contributed by atoms with van der Waals surface area (Å²) in [4.78, 5) is -1.13. The second kappa shape index (κ2) is 4.80. The van der Waals surface area contributed by atoms with Gasteiger partial charge in [0.05, 0.1) is 0 Å². The number of rotatable bonds is 4.